The summed E-state index contributed by atoms with van der Waals surface area (Å²) in [4.78, 5) is 12.3. The van der Waals surface area contributed by atoms with Gasteiger partial charge in [-0.1, -0.05) is 42.5 Å². The summed E-state index contributed by atoms with van der Waals surface area (Å²) in [5.74, 6) is -0.113. The number of urea groups is 1. The van der Waals surface area contributed by atoms with Crippen molar-refractivity contribution < 1.29 is 22.7 Å². The highest BCUT2D eigenvalue weighted by atomic mass is 32.2. The minimum atomic E-state index is -4.72. The van der Waals surface area contributed by atoms with E-state index in [1.165, 1.54) is 12.1 Å². The molecule has 5 rings (SSSR count). The van der Waals surface area contributed by atoms with Gasteiger partial charge in [0.1, 0.15) is 5.75 Å². The number of benzene rings is 3. The predicted octanol–water partition coefficient (Wildman–Crippen LogP) is 6.96. The SMILES string of the molecule is Cc1cccc(C)c1NC(=O)NS/N=C/c1ccc2c(c1)CCC1C2=NN(C)C1c1ccc(OC(F)(F)F)cc1. The van der Waals surface area contributed by atoms with Gasteiger partial charge in [-0.25, -0.2) is 9.19 Å². The Kier molecular flexibility index (Phi) is 7.75. The lowest BCUT2D eigenvalue weighted by Crippen LogP contribution is -2.27. The summed E-state index contributed by atoms with van der Waals surface area (Å²) < 4.78 is 48.6. The summed E-state index contributed by atoms with van der Waals surface area (Å²) >= 11 is 0.948. The van der Waals surface area contributed by atoms with Crippen molar-refractivity contribution >= 4 is 35.8 Å². The van der Waals surface area contributed by atoms with Crippen molar-refractivity contribution in [3.8, 4) is 5.75 Å². The molecule has 0 saturated carbocycles. The van der Waals surface area contributed by atoms with Crippen LogP contribution in [0, 0.1) is 19.8 Å². The van der Waals surface area contributed by atoms with Gasteiger partial charge in [-0.15, -0.1) is 13.2 Å². The molecule has 0 aromatic heterocycles. The van der Waals surface area contributed by atoms with Gasteiger partial charge in [0.25, 0.3) is 0 Å². The Morgan fingerprint density at radius 3 is 2.55 bits per heavy atom. The molecule has 7 nitrogen and oxygen atoms in total. The molecule has 2 atom stereocenters. The Bertz CT molecular complexity index is 1450. The predicted molar refractivity (Wildman–Crippen MR) is 152 cm³/mol. The molecule has 0 radical (unpaired) electrons. The summed E-state index contributed by atoms with van der Waals surface area (Å²) in [6.07, 6.45) is -1.32. The molecular formula is C29H28F3N5O2S. The van der Waals surface area contributed by atoms with Crippen molar-refractivity contribution in [2.75, 3.05) is 12.4 Å². The van der Waals surface area contributed by atoms with E-state index in [0.29, 0.717) is 0 Å². The molecule has 11 heteroatoms. The van der Waals surface area contributed by atoms with E-state index in [1.54, 1.807) is 18.3 Å². The molecule has 1 aliphatic carbocycles. The molecule has 2 aliphatic rings. The summed E-state index contributed by atoms with van der Waals surface area (Å²) in [7, 11) is 1.89. The maximum atomic E-state index is 12.5. The van der Waals surface area contributed by atoms with Crippen LogP contribution in [-0.4, -0.2) is 36.4 Å². The molecule has 0 spiro atoms. The molecule has 0 bridgehead atoms. The van der Waals surface area contributed by atoms with E-state index in [-0.39, 0.29) is 23.7 Å². The van der Waals surface area contributed by atoms with Gasteiger partial charge in [0, 0.05) is 30.4 Å². The fourth-order valence-corrected chi connectivity index (χ4v) is 5.71. The first-order chi connectivity index (χ1) is 19.1. The molecule has 3 aromatic carbocycles. The van der Waals surface area contributed by atoms with Gasteiger partial charge in [0.15, 0.2) is 0 Å². The van der Waals surface area contributed by atoms with Crippen molar-refractivity contribution in [2.24, 2.45) is 15.4 Å². The normalized spacial score (nSPS) is 18.2. The van der Waals surface area contributed by atoms with Crippen LogP contribution in [0.25, 0.3) is 0 Å². The van der Waals surface area contributed by atoms with Crippen molar-refractivity contribution in [2.45, 2.75) is 39.1 Å². The summed E-state index contributed by atoms with van der Waals surface area (Å²) in [5, 5.41) is 9.55. The molecule has 40 heavy (non-hydrogen) atoms. The Morgan fingerprint density at radius 2 is 1.85 bits per heavy atom. The molecule has 208 valence electrons. The number of hydrazone groups is 1. The van der Waals surface area contributed by atoms with Crippen molar-refractivity contribution in [3.05, 3.63) is 94.0 Å². The maximum absolute atomic E-state index is 12.5. The number of carbonyl (C=O) groups excluding carboxylic acids is 1. The van der Waals surface area contributed by atoms with Gasteiger partial charge in [-0.05, 0) is 72.7 Å². The van der Waals surface area contributed by atoms with Crippen LogP contribution in [0.5, 0.6) is 5.75 Å². The second kappa shape index (κ2) is 11.2. The topological polar surface area (TPSA) is 78.3 Å². The van der Waals surface area contributed by atoms with Crippen LogP contribution < -0.4 is 14.8 Å². The highest BCUT2D eigenvalue weighted by Gasteiger charge is 2.40. The third-order valence-electron chi connectivity index (χ3n) is 7.10. The standard InChI is InChI=1S/C29H28F3N5O2S/c1-17-5-4-6-18(2)25(17)34-28(38)36-40-33-16-19-7-13-23-21(15-19)10-14-24-26(23)35-37(3)27(24)20-8-11-22(12-9-20)39-29(30,31)32/h4-9,11-13,15-16,24,27H,10,14H2,1-3H3,(H2,34,36,38)/b33-16+. The summed E-state index contributed by atoms with van der Waals surface area (Å²) in [6, 6.07) is 17.5. The van der Waals surface area contributed by atoms with Gasteiger partial charge in [0.05, 0.1) is 23.9 Å². The number of aryl methyl sites for hydroxylation is 3. The second-order valence-electron chi connectivity index (χ2n) is 9.83. The van der Waals surface area contributed by atoms with Gasteiger partial charge in [-0.2, -0.15) is 5.10 Å². The van der Waals surface area contributed by atoms with Crippen LogP contribution >= 0.6 is 12.1 Å². The first-order valence-corrected chi connectivity index (χ1v) is 13.5. The number of anilines is 1. The van der Waals surface area contributed by atoms with Gasteiger partial charge in [-0.3, -0.25) is 9.73 Å². The first kappa shape index (κ1) is 27.6. The molecule has 1 heterocycles. The molecule has 0 fully saturated rings. The number of para-hydroxylation sites is 1. The zero-order chi connectivity index (χ0) is 28.4. The van der Waals surface area contributed by atoms with E-state index >= 15 is 0 Å². The molecule has 2 N–H and O–H groups in total. The summed E-state index contributed by atoms with van der Waals surface area (Å²) in [5.41, 5.74) is 7.76. The maximum Gasteiger partial charge on any atom is 0.573 e. The first-order valence-electron chi connectivity index (χ1n) is 12.7. The molecule has 0 saturated heterocycles. The molecule has 2 unspecified atom stereocenters. The smallest absolute Gasteiger partial charge is 0.406 e. The van der Waals surface area contributed by atoms with E-state index < -0.39 is 6.36 Å². The number of ether oxygens (including phenoxy) is 1. The average molecular weight is 568 g/mol. The van der Waals surface area contributed by atoms with Crippen LogP contribution in [0.1, 0.15) is 45.8 Å². The lowest BCUT2D eigenvalue weighted by Gasteiger charge is -2.29. The van der Waals surface area contributed by atoms with Crippen LogP contribution in [-0.2, 0) is 6.42 Å². The largest absolute Gasteiger partial charge is 0.573 e. The van der Waals surface area contributed by atoms with Gasteiger partial charge < -0.3 is 10.1 Å². The molecule has 1 aliphatic heterocycles. The van der Waals surface area contributed by atoms with Gasteiger partial charge >= 0.3 is 12.4 Å². The Morgan fingerprint density at radius 1 is 1.12 bits per heavy atom. The number of alkyl halides is 3. The number of hydrogen-bond acceptors (Lipinski definition) is 6. The molecule has 3 aromatic rings. The van der Waals surface area contributed by atoms with Crippen molar-refractivity contribution in [3.63, 3.8) is 0 Å². The summed E-state index contributed by atoms with van der Waals surface area (Å²) in [6.45, 7) is 3.88. The number of fused-ring (bicyclic) bond motifs is 3. The van der Waals surface area contributed by atoms with E-state index in [1.807, 2.05) is 56.2 Å². The van der Waals surface area contributed by atoms with E-state index in [9.17, 15) is 18.0 Å². The van der Waals surface area contributed by atoms with Crippen LogP contribution in [0.2, 0.25) is 0 Å². The van der Waals surface area contributed by atoms with E-state index in [2.05, 4.69) is 25.2 Å². The number of rotatable bonds is 6. The fourth-order valence-electron chi connectivity index (χ4n) is 5.35. The highest BCUT2D eigenvalue weighted by Crippen LogP contribution is 2.43. The number of halogens is 3. The quantitative estimate of drug-likeness (QED) is 0.249. The van der Waals surface area contributed by atoms with E-state index in [4.69, 9.17) is 5.10 Å². The number of amides is 2. The number of nitrogens with zero attached hydrogens (tertiary/aromatic N) is 3. The Balaban J connectivity index is 1.21. The second-order valence-corrected chi connectivity index (χ2v) is 10.4. The monoisotopic (exact) mass is 567 g/mol. The lowest BCUT2D eigenvalue weighted by molar-refractivity contribution is -0.274. The number of carbonyl (C=O) groups is 1. The average Bonchev–Trinajstić information content (AvgIpc) is 3.24. The number of nitrogens with one attached hydrogen (secondary N) is 2. The Hall–Kier alpha value is -3.99. The highest BCUT2D eigenvalue weighted by molar-refractivity contribution is 7.96. The third-order valence-corrected chi connectivity index (χ3v) is 7.59. The molecular weight excluding hydrogens is 539 g/mol. The van der Waals surface area contributed by atoms with Crippen LogP contribution in [0.15, 0.2) is 70.2 Å². The van der Waals surface area contributed by atoms with Crippen molar-refractivity contribution in [1.29, 1.82) is 0 Å². The molecule has 2 amide bonds. The fraction of sp³-hybridized carbons (Fsp3) is 0.276. The van der Waals surface area contributed by atoms with Gasteiger partial charge in [0.2, 0.25) is 0 Å². The van der Waals surface area contributed by atoms with Crippen LogP contribution in [0.4, 0.5) is 23.7 Å². The lowest BCUT2D eigenvalue weighted by atomic mass is 9.77. The van der Waals surface area contributed by atoms with E-state index in [0.717, 1.165) is 69.8 Å². The van der Waals surface area contributed by atoms with Crippen LogP contribution in [0.3, 0.4) is 0 Å². The Labute approximate surface area is 234 Å². The zero-order valence-electron chi connectivity index (χ0n) is 22.1. The minimum Gasteiger partial charge on any atom is -0.406 e. The number of hydrogen-bond donors (Lipinski definition) is 2. The third kappa shape index (κ3) is 6.09. The zero-order valence-corrected chi connectivity index (χ0v) is 22.9. The minimum absolute atomic E-state index is 0.0681. The van der Waals surface area contributed by atoms with Crippen molar-refractivity contribution in [1.82, 2.24) is 9.73 Å².